The van der Waals surface area contributed by atoms with Gasteiger partial charge in [-0.15, -0.1) is 5.10 Å². The number of aromatic hydroxyl groups is 1. The van der Waals surface area contributed by atoms with E-state index in [1.807, 2.05) is 6.92 Å². The van der Waals surface area contributed by atoms with Crippen molar-refractivity contribution in [2.75, 3.05) is 12.3 Å². The fourth-order valence-corrected chi connectivity index (χ4v) is 3.01. The molecule has 0 aliphatic carbocycles. The van der Waals surface area contributed by atoms with Crippen molar-refractivity contribution in [2.24, 2.45) is 5.10 Å². The number of ether oxygens (including phenoxy) is 1. The molecular weight excluding hydrogens is 428 g/mol. The number of carbonyl (C=O) groups excluding carboxylic acids is 1. The molecule has 168 valence electrons. The largest absolute Gasteiger partial charge is 0.508 e. The van der Waals surface area contributed by atoms with Gasteiger partial charge in [-0.25, -0.2) is 10.1 Å². The minimum Gasteiger partial charge on any atom is -0.508 e. The van der Waals surface area contributed by atoms with Crippen molar-refractivity contribution in [1.82, 2.24) is 30.7 Å². The summed E-state index contributed by atoms with van der Waals surface area (Å²) in [6.07, 6.45) is 0. The van der Waals surface area contributed by atoms with E-state index in [9.17, 15) is 9.90 Å². The van der Waals surface area contributed by atoms with Crippen molar-refractivity contribution in [3.8, 4) is 28.6 Å². The van der Waals surface area contributed by atoms with Gasteiger partial charge in [0.1, 0.15) is 17.2 Å². The van der Waals surface area contributed by atoms with E-state index in [0.29, 0.717) is 29.3 Å². The smallest absolute Gasteiger partial charge is 0.294 e. The fourth-order valence-electron chi connectivity index (χ4n) is 3.01. The first kappa shape index (κ1) is 21.5. The molecule has 1 amide bonds. The molecule has 4 N–H and O–H groups in total. The van der Waals surface area contributed by atoms with Gasteiger partial charge in [0, 0.05) is 5.56 Å². The number of nitrogens with zero attached hydrogens (tertiary/aromatic N) is 6. The standard InChI is InChI=1S/C21H20N8O4/c1-3-32-16-10-6-14(7-11-16)18-17(24-28-29(18)20-19(22)26-33-27-20)21(31)25-23-12(2)13-4-8-15(30)9-5-13/h4-11,30H,3H2,1-2H3,(H2,22,26)(H,25,31)/b23-12+. The van der Waals surface area contributed by atoms with Crippen LogP contribution < -0.4 is 15.9 Å². The second kappa shape index (κ2) is 9.18. The van der Waals surface area contributed by atoms with Crippen LogP contribution in [0.1, 0.15) is 29.9 Å². The van der Waals surface area contributed by atoms with Crippen LogP contribution in [0, 0.1) is 0 Å². The maximum absolute atomic E-state index is 13.0. The zero-order chi connectivity index (χ0) is 23.4. The van der Waals surface area contributed by atoms with Crippen LogP contribution in [0.5, 0.6) is 11.5 Å². The molecule has 0 saturated carbocycles. The lowest BCUT2D eigenvalue weighted by Gasteiger charge is -2.08. The number of anilines is 1. The number of hydrogen-bond donors (Lipinski definition) is 3. The van der Waals surface area contributed by atoms with Gasteiger partial charge in [0.05, 0.1) is 12.3 Å². The van der Waals surface area contributed by atoms with Gasteiger partial charge >= 0.3 is 0 Å². The van der Waals surface area contributed by atoms with E-state index in [4.69, 9.17) is 10.5 Å². The number of carbonyl (C=O) groups is 1. The Morgan fingerprint density at radius 1 is 1.18 bits per heavy atom. The first-order valence-corrected chi connectivity index (χ1v) is 9.89. The molecular formula is C21H20N8O4. The molecule has 0 unspecified atom stereocenters. The lowest BCUT2D eigenvalue weighted by atomic mass is 10.1. The molecule has 12 nitrogen and oxygen atoms in total. The van der Waals surface area contributed by atoms with Gasteiger partial charge in [0.2, 0.25) is 11.6 Å². The van der Waals surface area contributed by atoms with Crippen LogP contribution in [0.4, 0.5) is 5.82 Å². The van der Waals surface area contributed by atoms with E-state index in [1.165, 1.54) is 16.8 Å². The number of hydrazone groups is 1. The fraction of sp³-hybridized carbons (Fsp3) is 0.143. The summed E-state index contributed by atoms with van der Waals surface area (Å²) in [4.78, 5) is 13.0. The lowest BCUT2D eigenvalue weighted by Crippen LogP contribution is -2.21. The van der Waals surface area contributed by atoms with Crippen LogP contribution in [0.3, 0.4) is 0 Å². The van der Waals surface area contributed by atoms with E-state index in [1.54, 1.807) is 43.3 Å². The molecule has 0 saturated heterocycles. The van der Waals surface area contributed by atoms with Crippen molar-refractivity contribution in [3.05, 3.63) is 59.8 Å². The summed E-state index contributed by atoms with van der Waals surface area (Å²) in [6, 6.07) is 13.5. The zero-order valence-electron chi connectivity index (χ0n) is 17.8. The third kappa shape index (κ3) is 4.49. The first-order chi connectivity index (χ1) is 16.0. The average molecular weight is 448 g/mol. The molecule has 33 heavy (non-hydrogen) atoms. The molecule has 0 radical (unpaired) electrons. The molecule has 2 aromatic heterocycles. The molecule has 2 aromatic carbocycles. The Balaban J connectivity index is 1.69. The molecule has 12 heteroatoms. The molecule has 0 spiro atoms. The third-order valence-corrected chi connectivity index (χ3v) is 4.63. The zero-order valence-corrected chi connectivity index (χ0v) is 17.8. The Bertz CT molecular complexity index is 1290. The van der Waals surface area contributed by atoms with E-state index in [0.717, 1.165) is 5.56 Å². The Labute approximate surface area is 187 Å². The van der Waals surface area contributed by atoms with Crippen LogP contribution in [0.25, 0.3) is 17.1 Å². The minimum atomic E-state index is -0.599. The number of rotatable bonds is 7. The number of amides is 1. The van der Waals surface area contributed by atoms with Gasteiger partial charge in [0.25, 0.3) is 5.91 Å². The maximum atomic E-state index is 13.0. The highest BCUT2D eigenvalue weighted by molar-refractivity contribution is 6.02. The highest BCUT2D eigenvalue weighted by Gasteiger charge is 2.25. The number of nitrogens with one attached hydrogen (secondary N) is 1. The molecule has 2 heterocycles. The highest BCUT2D eigenvalue weighted by Crippen LogP contribution is 2.28. The maximum Gasteiger partial charge on any atom is 0.294 e. The normalized spacial score (nSPS) is 11.4. The lowest BCUT2D eigenvalue weighted by molar-refractivity contribution is 0.0950. The van der Waals surface area contributed by atoms with Gasteiger partial charge in [-0.2, -0.15) is 9.78 Å². The quantitative estimate of drug-likeness (QED) is 0.283. The van der Waals surface area contributed by atoms with Crippen LogP contribution in [0.15, 0.2) is 58.3 Å². The highest BCUT2D eigenvalue weighted by atomic mass is 16.6. The summed E-state index contributed by atoms with van der Waals surface area (Å²) in [5.41, 5.74) is 10.5. The number of hydrogen-bond acceptors (Lipinski definition) is 10. The van der Waals surface area contributed by atoms with E-state index >= 15 is 0 Å². The van der Waals surface area contributed by atoms with Crippen molar-refractivity contribution >= 4 is 17.4 Å². The van der Waals surface area contributed by atoms with Gasteiger partial charge < -0.3 is 15.6 Å². The summed E-state index contributed by atoms with van der Waals surface area (Å²) >= 11 is 0. The summed E-state index contributed by atoms with van der Waals surface area (Å²) in [7, 11) is 0. The van der Waals surface area contributed by atoms with Gasteiger partial charge in [-0.3, -0.25) is 4.79 Å². The average Bonchev–Trinajstić information content (AvgIpc) is 3.44. The Hall–Kier alpha value is -4.74. The first-order valence-electron chi connectivity index (χ1n) is 9.89. The van der Waals surface area contributed by atoms with Crippen molar-refractivity contribution in [1.29, 1.82) is 0 Å². The Kier molecular flexibility index (Phi) is 5.98. The van der Waals surface area contributed by atoms with Crippen LogP contribution in [0.2, 0.25) is 0 Å². The van der Waals surface area contributed by atoms with Crippen molar-refractivity contribution in [2.45, 2.75) is 13.8 Å². The number of phenols is 1. The third-order valence-electron chi connectivity index (χ3n) is 4.63. The molecule has 4 aromatic rings. The SMILES string of the molecule is CCOc1ccc(-c2c(C(=O)N/N=C(\C)c3ccc(O)cc3)nnn2-c2nonc2N)cc1. The van der Waals surface area contributed by atoms with Crippen LogP contribution >= 0.6 is 0 Å². The molecule has 0 bridgehead atoms. The van der Waals surface area contributed by atoms with Gasteiger partial charge in [0.15, 0.2) is 5.69 Å². The summed E-state index contributed by atoms with van der Waals surface area (Å²) < 4.78 is 11.4. The van der Waals surface area contributed by atoms with E-state index < -0.39 is 5.91 Å². The number of benzene rings is 2. The second-order valence-corrected chi connectivity index (χ2v) is 6.81. The monoisotopic (exact) mass is 448 g/mol. The van der Waals surface area contributed by atoms with Crippen molar-refractivity contribution in [3.63, 3.8) is 0 Å². The Morgan fingerprint density at radius 2 is 1.91 bits per heavy atom. The number of phenolic OH excluding ortho intramolecular Hbond substituents is 1. The number of nitrogen functional groups attached to an aromatic ring is 1. The van der Waals surface area contributed by atoms with Crippen LogP contribution in [-0.2, 0) is 0 Å². The Morgan fingerprint density at radius 3 is 2.55 bits per heavy atom. The number of aromatic nitrogens is 5. The van der Waals surface area contributed by atoms with Crippen LogP contribution in [-0.4, -0.2) is 48.6 Å². The molecule has 0 atom stereocenters. The molecule has 4 rings (SSSR count). The topological polar surface area (TPSA) is 167 Å². The van der Waals surface area contributed by atoms with Gasteiger partial charge in [-0.05, 0) is 78.3 Å². The van der Waals surface area contributed by atoms with Crippen molar-refractivity contribution < 1.29 is 19.3 Å². The second-order valence-electron chi connectivity index (χ2n) is 6.81. The number of nitrogens with two attached hydrogens (primary N) is 1. The summed E-state index contributed by atoms with van der Waals surface area (Å²) in [5, 5.41) is 28.9. The molecule has 0 aliphatic heterocycles. The summed E-state index contributed by atoms with van der Waals surface area (Å²) in [6.45, 7) is 4.13. The summed E-state index contributed by atoms with van der Waals surface area (Å²) in [5.74, 6) is 0.282. The predicted molar refractivity (Wildman–Crippen MR) is 118 cm³/mol. The van der Waals surface area contributed by atoms with E-state index in [-0.39, 0.29) is 23.1 Å². The minimum absolute atomic E-state index is 0.0104. The molecule has 0 fully saturated rings. The van der Waals surface area contributed by atoms with E-state index in [2.05, 4.69) is 35.8 Å². The predicted octanol–water partition coefficient (Wildman–Crippen LogP) is 2.16. The van der Waals surface area contributed by atoms with Gasteiger partial charge in [-0.1, -0.05) is 5.21 Å². The molecule has 0 aliphatic rings.